The lowest BCUT2D eigenvalue weighted by Gasteiger charge is -2.13. The number of nitrogens with one attached hydrogen (secondary N) is 1. The van der Waals surface area contributed by atoms with Gasteiger partial charge in [0.05, 0.1) is 17.1 Å². The molecule has 1 saturated heterocycles. The molecule has 5 nitrogen and oxygen atoms in total. The van der Waals surface area contributed by atoms with Gasteiger partial charge in [-0.3, -0.25) is 0 Å². The number of hydrogen-bond acceptors (Lipinski definition) is 5. The van der Waals surface area contributed by atoms with Crippen LogP contribution in [-0.4, -0.2) is 41.3 Å². The minimum absolute atomic E-state index is 0.469. The van der Waals surface area contributed by atoms with E-state index in [4.69, 9.17) is 16.0 Å². The molecule has 0 amide bonds. The third kappa shape index (κ3) is 3.81. The van der Waals surface area contributed by atoms with Gasteiger partial charge in [0.25, 0.3) is 0 Å². The maximum Gasteiger partial charge on any atom is 0.249 e. The van der Waals surface area contributed by atoms with E-state index in [2.05, 4.69) is 20.4 Å². The summed E-state index contributed by atoms with van der Waals surface area (Å²) in [5.41, 5.74) is 0.773. The van der Waals surface area contributed by atoms with E-state index in [1.54, 1.807) is 0 Å². The first kappa shape index (κ1) is 14.5. The molecule has 3 rings (SSSR count). The van der Waals surface area contributed by atoms with Crippen molar-refractivity contribution in [2.24, 2.45) is 0 Å². The monoisotopic (exact) mass is 306 g/mol. The van der Waals surface area contributed by atoms with E-state index in [0.717, 1.165) is 18.7 Å². The summed E-state index contributed by atoms with van der Waals surface area (Å²) in [5.74, 6) is 1.06. The summed E-state index contributed by atoms with van der Waals surface area (Å²) in [6.45, 7) is 5.04. The van der Waals surface area contributed by atoms with Crippen LogP contribution in [0.1, 0.15) is 18.7 Å². The molecule has 1 aromatic carbocycles. The molecule has 0 bridgehead atoms. The zero-order valence-electron chi connectivity index (χ0n) is 11.9. The fourth-order valence-corrected chi connectivity index (χ4v) is 2.72. The average molecular weight is 307 g/mol. The lowest BCUT2D eigenvalue weighted by atomic mass is 10.2. The maximum absolute atomic E-state index is 6.12. The molecule has 112 valence electrons. The second kappa shape index (κ2) is 7.02. The van der Waals surface area contributed by atoms with Crippen LogP contribution in [0.3, 0.4) is 0 Å². The minimum Gasteiger partial charge on any atom is -0.419 e. The van der Waals surface area contributed by atoms with Gasteiger partial charge in [0, 0.05) is 13.1 Å². The Balaban J connectivity index is 1.50. The van der Waals surface area contributed by atoms with Crippen molar-refractivity contribution in [3.63, 3.8) is 0 Å². The van der Waals surface area contributed by atoms with Crippen LogP contribution in [0, 0.1) is 0 Å². The Hall–Kier alpha value is -1.43. The molecule has 1 aliphatic heterocycles. The fourth-order valence-electron chi connectivity index (χ4n) is 2.51. The van der Waals surface area contributed by atoms with Crippen LogP contribution < -0.4 is 5.32 Å². The predicted molar refractivity (Wildman–Crippen MR) is 82.1 cm³/mol. The van der Waals surface area contributed by atoms with Gasteiger partial charge in [-0.1, -0.05) is 23.7 Å². The number of hydrogen-bond donors (Lipinski definition) is 1. The van der Waals surface area contributed by atoms with E-state index < -0.39 is 0 Å². The molecule has 0 saturated carbocycles. The number of halogens is 1. The highest BCUT2D eigenvalue weighted by Crippen LogP contribution is 2.26. The van der Waals surface area contributed by atoms with E-state index in [9.17, 15) is 0 Å². The van der Waals surface area contributed by atoms with Gasteiger partial charge in [0.1, 0.15) is 0 Å². The molecule has 2 aromatic rings. The zero-order chi connectivity index (χ0) is 14.5. The topological polar surface area (TPSA) is 54.2 Å². The van der Waals surface area contributed by atoms with Crippen molar-refractivity contribution in [2.75, 3.05) is 26.2 Å². The van der Waals surface area contributed by atoms with Gasteiger partial charge in [0.2, 0.25) is 11.8 Å². The molecule has 0 unspecified atom stereocenters. The molecule has 21 heavy (non-hydrogen) atoms. The first-order valence-electron chi connectivity index (χ1n) is 7.33. The summed E-state index contributed by atoms with van der Waals surface area (Å²) in [6.07, 6.45) is 2.65. The Morgan fingerprint density at radius 3 is 2.81 bits per heavy atom. The normalized spacial score (nSPS) is 15.7. The largest absolute Gasteiger partial charge is 0.419 e. The quantitative estimate of drug-likeness (QED) is 0.831. The summed E-state index contributed by atoms with van der Waals surface area (Å²) in [4.78, 5) is 2.47. The van der Waals surface area contributed by atoms with Crippen LogP contribution in [0.5, 0.6) is 0 Å². The van der Waals surface area contributed by atoms with Crippen LogP contribution in [0.2, 0.25) is 5.02 Å². The van der Waals surface area contributed by atoms with E-state index in [1.807, 2.05) is 24.3 Å². The Morgan fingerprint density at radius 2 is 2.00 bits per heavy atom. The van der Waals surface area contributed by atoms with E-state index in [0.29, 0.717) is 23.3 Å². The van der Waals surface area contributed by atoms with Gasteiger partial charge in [-0.05, 0) is 38.1 Å². The summed E-state index contributed by atoms with van der Waals surface area (Å²) in [7, 11) is 0. The third-order valence-electron chi connectivity index (χ3n) is 3.65. The number of benzene rings is 1. The number of aromatic nitrogens is 2. The van der Waals surface area contributed by atoms with Crippen LogP contribution in [0.15, 0.2) is 28.7 Å². The fraction of sp³-hybridized carbons (Fsp3) is 0.467. The van der Waals surface area contributed by atoms with Crippen molar-refractivity contribution >= 4 is 11.6 Å². The van der Waals surface area contributed by atoms with E-state index in [-0.39, 0.29) is 0 Å². The highest BCUT2D eigenvalue weighted by molar-refractivity contribution is 6.33. The molecule has 0 aliphatic carbocycles. The van der Waals surface area contributed by atoms with Crippen molar-refractivity contribution in [1.29, 1.82) is 0 Å². The Morgan fingerprint density at radius 1 is 1.19 bits per heavy atom. The molecule has 0 atom stereocenters. The second-order valence-electron chi connectivity index (χ2n) is 5.21. The lowest BCUT2D eigenvalue weighted by molar-refractivity contribution is 0.332. The predicted octanol–water partition coefficient (Wildman–Crippen LogP) is 2.58. The van der Waals surface area contributed by atoms with Crippen molar-refractivity contribution in [3.05, 3.63) is 35.2 Å². The minimum atomic E-state index is 0.469. The van der Waals surface area contributed by atoms with Crippen LogP contribution >= 0.6 is 11.6 Å². The van der Waals surface area contributed by atoms with Gasteiger partial charge in [-0.2, -0.15) is 0 Å². The molecule has 1 aliphatic rings. The molecule has 6 heteroatoms. The SMILES string of the molecule is Clc1ccccc1-c1nnc(CNCCN2CCCC2)o1. The molecule has 0 spiro atoms. The molecular weight excluding hydrogens is 288 g/mol. The van der Waals surface area contributed by atoms with Crippen molar-refractivity contribution < 1.29 is 4.42 Å². The second-order valence-corrected chi connectivity index (χ2v) is 5.61. The van der Waals surface area contributed by atoms with Gasteiger partial charge in [-0.25, -0.2) is 0 Å². The molecule has 1 N–H and O–H groups in total. The van der Waals surface area contributed by atoms with Crippen molar-refractivity contribution in [1.82, 2.24) is 20.4 Å². The summed E-state index contributed by atoms with van der Waals surface area (Å²) >= 11 is 6.12. The van der Waals surface area contributed by atoms with E-state index >= 15 is 0 Å². The highest BCUT2D eigenvalue weighted by Gasteiger charge is 2.12. The maximum atomic E-state index is 6.12. The molecular formula is C15H19ClN4O. The lowest BCUT2D eigenvalue weighted by Crippen LogP contribution is -2.29. The van der Waals surface area contributed by atoms with Crippen molar-refractivity contribution in [3.8, 4) is 11.5 Å². The van der Waals surface area contributed by atoms with Crippen LogP contribution in [0.4, 0.5) is 0 Å². The smallest absolute Gasteiger partial charge is 0.249 e. The zero-order valence-corrected chi connectivity index (χ0v) is 12.6. The molecule has 1 aromatic heterocycles. The first-order valence-corrected chi connectivity index (χ1v) is 7.71. The van der Waals surface area contributed by atoms with Crippen LogP contribution in [0.25, 0.3) is 11.5 Å². The number of likely N-dealkylation sites (tertiary alicyclic amines) is 1. The number of nitrogens with zero attached hydrogens (tertiary/aromatic N) is 3. The van der Waals surface area contributed by atoms with Gasteiger partial charge < -0.3 is 14.6 Å². The standard InChI is InChI=1S/C15H19ClN4O/c16-13-6-2-1-5-12(13)15-19-18-14(21-15)11-17-7-10-20-8-3-4-9-20/h1-2,5-6,17H,3-4,7-11H2. The molecule has 2 heterocycles. The third-order valence-corrected chi connectivity index (χ3v) is 3.98. The van der Waals surface area contributed by atoms with Gasteiger partial charge >= 0.3 is 0 Å². The Kier molecular flexibility index (Phi) is 4.85. The van der Waals surface area contributed by atoms with Crippen molar-refractivity contribution in [2.45, 2.75) is 19.4 Å². The first-order chi connectivity index (χ1) is 10.3. The summed E-state index contributed by atoms with van der Waals surface area (Å²) < 4.78 is 5.64. The van der Waals surface area contributed by atoms with Gasteiger partial charge in [-0.15, -0.1) is 10.2 Å². The van der Waals surface area contributed by atoms with E-state index in [1.165, 1.54) is 25.9 Å². The van der Waals surface area contributed by atoms with Crippen LogP contribution in [-0.2, 0) is 6.54 Å². The number of rotatable bonds is 6. The molecule has 1 fully saturated rings. The summed E-state index contributed by atoms with van der Waals surface area (Å²) in [6, 6.07) is 7.47. The summed E-state index contributed by atoms with van der Waals surface area (Å²) in [5, 5.41) is 12.1. The Bertz CT molecular complexity index is 581. The Labute approximate surface area is 129 Å². The average Bonchev–Trinajstić information content (AvgIpc) is 3.16. The highest BCUT2D eigenvalue weighted by atomic mass is 35.5. The molecule has 0 radical (unpaired) electrons. The van der Waals surface area contributed by atoms with Gasteiger partial charge in [0.15, 0.2) is 0 Å².